The molecule has 17 heavy (non-hydrogen) atoms. The van der Waals surface area contributed by atoms with E-state index in [1.807, 2.05) is 30.9 Å². The molecule has 1 N–H and O–H groups in total. The summed E-state index contributed by atoms with van der Waals surface area (Å²) in [6.07, 6.45) is 0. The van der Waals surface area contributed by atoms with Crippen LogP contribution in [0.1, 0.15) is 19.4 Å². The normalized spacial score (nSPS) is 9.47. The first-order valence-corrected chi connectivity index (χ1v) is 5.73. The lowest BCUT2D eigenvalue weighted by Crippen LogP contribution is -2.37. The van der Waals surface area contributed by atoms with Crippen molar-refractivity contribution in [3.63, 3.8) is 0 Å². The summed E-state index contributed by atoms with van der Waals surface area (Å²) in [5.74, 6) is 0.0127. The summed E-state index contributed by atoms with van der Waals surface area (Å²) < 4.78 is 0. The smallest absolute Gasteiger partial charge is 0.239 e. The Morgan fingerprint density at radius 3 is 2.47 bits per heavy atom. The lowest BCUT2D eigenvalue weighted by atomic mass is 10.2. The summed E-state index contributed by atoms with van der Waals surface area (Å²) in [6, 6.07) is 9.32. The summed E-state index contributed by atoms with van der Waals surface area (Å²) in [7, 11) is 0. The number of hydrogen-bond donors (Lipinski definition) is 1. The number of rotatable bonds is 5. The van der Waals surface area contributed by atoms with Gasteiger partial charge in [-0.25, -0.2) is 0 Å². The van der Waals surface area contributed by atoms with E-state index in [0.717, 1.165) is 12.2 Å². The van der Waals surface area contributed by atoms with Gasteiger partial charge in [0.05, 0.1) is 18.2 Å². The van der Waals surface area contributed by atoms with Crippen LogP contribution in [0.5, 0.6) is 0 Å². The van der Waals surface area contributed by atoms with Gasteiger partial charge in [-0.05, 0) is 38.1 Å². The molecule has 1 aromatic rings. The van der Waals surface area contributed by atoms with Gasteiger partial charge in [-0.2, -0.15) is 5.26 Å². The molecule has 0 unspecified atom stereocenters. The molecule has 90 valence electrons. The number of likely N-dealkylation sites (N-methyl/N-ethyl adjacent to an activating group) is 2. The van der Waals surface area contributed by atoms with Crippen molar-refractivity contribution in [2.24, 2.45) is 0 Å². The van der Waals surface area contributed by atoms with Gasteiger partial charge < -0.3 is 10.2 Å². The number of benzene rings is 1. The molecule has 4 heteroatoms. The maximum Gasteiger partial charge on any atom is 0.239 e. The Bertz CT molecular complexity index is 406. The molecule has 0 heterocycles. The molecule has 1 aromatic carbocycles. The van der Waals surface area contributed by atoms with E-state index in [2.05, 4.69) is 11.4 Å². The molecule has 4 nitrogen and oxygen atoms in total. The average molecular weight is 231 g/mol. The van der Waals surface area contributed by atoms with E-state index in [1.165, 1.54) is 0 Å². The van der Waals surface area contributed by atoms with Crippen molar-refractivity contribution in [2.45, 2.75) is 13.8 Å². The maximum absolute atomic E-state index is 11.5. The van der Waals surface area contributed by atoms with Gasteiger partial charge in [0.15, 0.2) is 0 Å². The zero-order valence-electron chi connectivity index (χ0n) is 10.2. The van der Waals surface area contributed by atoms with E-state index < -0.39 is 0 Å². The molecular weight excluding hydrogens is 214 g/mol. The molecule has 1 amide bonds. The van der Waals surface area contributed by atoms with Gasteiger partial charge in [-0.1, -0.05) is 0 Å². The standard InChI is InChI=1S/C13H17N3O/c1-3-15-13(17)10-16(4-2)12-7-5-11(9-14)6-8-12/h5-8H,3-4,10H2,1-2H3,(H,15,17). The van der Waals surface area contributed by atoms with E-state index >= 15 is 0 Å². The first-order chi connectivity index (χ1) is 8.21. The number of anilines is 1. The summed E-state index contributed by atoms with van der Waals surface area (Å²) >= 11 is 0. The van der Waals surface area contributed by atoms with Crippen LogP contribution in [0.4, 0.5) is 5.69 Å². The highest BCUT2D eigenvalue weighted by molar-refractivity contribution is 5.81. The fraction of sp³-hybridized carbons (Fsp3) is 0.385. The van der Waals surface area contributed by atoms with E-state index in [9.17, 15) is 4.79 Å². The van der Waals surface area contributed by atoms with Crippen molar-refractivity contribution >= 4 is 11.6 Å². The van der Waals surface area contributed by atoms with E-state index in [-0.39, 0.29) is 5.91 Å². The van der Waals surface area contributed by atoms with Crippen LogP contribution < -0.4 is 10.2 Å². The molecule has 0 bridgehead atoms. The van der Waals surface area contributed by atoms with Crippen LogP contribution in [0, 0.1) is 11.3 Å². The average Bonchev–Trinajstić information content (AvgIpc) is 2.36. The largest absolute Gasteiger partial charge is 0.363 e. The predicted octanol–water partition coefficient (Wildman–Crippen LogP) is 1.52. The molecule has 0 aliphatic rings. The summed E-state index contributed by atoms with van der Waals surface area (Å²) in [5.41, 5.74) is 1.58. The number of carbonyl (C=O) groups excluding carboxylic acids is 1. The lowest BCUT2D eigenvalue weighted by molar-refractivity contribution is -0.119. The Hall–Kier alpha value is -2.02. The SMILES string of the molecule is CCNC(=O)CN(CC)c1ccc(C#N)cc1. The fourth-order valence-corrected chi connectivity index (χ4v) is 1.56. The second-order valence-electron chi connectivity index (χ2n) is 3.63. The van der Waals surface area contributed by atoms with Crippen LogP contribution in [0.3, 0.4) is 0 Å². The van der Waals surface area contributed by atoms with Gasteiger partial charge in [0.25, 0.3) is 0 Å². The summed E-state index contributed by atoms with van der Waals surface area (Å²) in [6.45, 7) is 5.64. The monoisotopic (exact) mass is 231 g/mol. The van der Waals surface area contributed by atoms with Crippen molar-refractivity contribution in [1.29, 1.82) is 5.26 Å². The highest BCUT2D eigenvalue weighted by Crippen LogP contribution is 2.14. The second-order valence-corrected chi connectivity index (χ2v) is 3.63. The molecule has 0 saturated heterocycles. The third kappa shape index (κ3) is 3.80. The fourth-order valence-electron chi connectivity index (χ4n) is 1.56. The molecule has 1 rings (SSSR count). The Labute approximate surface area is 102 Å². The highest BCUT2D eigenvalue weighted by atomic mass is 16.2. The third-order valence-electron chi connectivity index (χ3n) is 2.45. The maximum atomic E-state index is 11.5. The number of carbonyl (C=O) groups is 1. The van der Waals surface area contributed by atoms with Crippen molar-refractivity contribution in [1.82, 2.24) is 5.32 Å². The third-order valence-corrected chi connectivity index (χ3v) is 2.45. The number of amides is 1. The molecular formula is C13H17N3O. The van der Waals surface area contributed by atoms with Gasteiger partial charge in [0.2, 0.25) is 5.91 Å². The topological polar surface area (TPSA) is 56.1 Å². The van der Waals surface area contributed by atoms with Gasteiger partial charge in [-0.3, -0.25) is 4.79 Å². The molecule has 0 atom stereocenters. The van der Waals surface area contributed by atoms with Gasteiger partial charge in [0.1, 0.15) is 0 Å². The summed E-state index contributed by atoms with van der Waals surface area (Å²) in [5, 5.41) is 11.5. The van der Waals surface area contributed by atoms with Crippen molar-refractivity contribution < 1.29 is 4.79 Å². The number of hydrogen-bond acceptors (Lipinski definition) is 3. The highest BCUT2D eigenvalue weighted by Gasteiger charge is 2.08. The Balaban J connectivity index is 2.72. The predicted molar refractivity (Wildman–Crippen MR) is 67.7 cm³/mol. The van der Waals surface area contributed by atoms with E-state index in [1.54, 1.807) is 12.1 Å². The minimum absolute atomic E-state index is 0.0127. The van der Waals surface area contributed by atoms with Crippen LogP contribution in [0.15, 0.2) is 24.3 Å². The van der Waals surface area contributed by atoms with Crippen molar-refractivity contribution in [2.75, 3.05) is 24.5 Å². The lowest BCUT2D eigenvalue weighted by Gasteiger charge is -2.22. The van der Waals surface area contributed by atoms with Crippen LogP contribution in [0.2, 0.25) is 0 Å². The Morgan fingerprint density at radius 1 is 1.35 bits per heavy atom. The molecule has 0 radical (unpaired) electrons. The van der Waals surface area contributed by atoms with Crippen molar-refractivity contribution in [3.05, 3.63) is 29.8 Å². The Kier molecular flexibility index (Phi) is 5.02. The molecule has 0 saturated carbocycles. The molecule has 0 aliphatic carbocycles. The molecule has 0 fully saturated rings. The Morgan fingerprint density at radius 2 is 2.00 bits per heavy atom. The first-order valence-electron chi connectivity index (χ1n) is 5.73. The van der Waals surface area contributed by atoms with Crippen molar-refractivity contribution in [3.8, 4) is 6.07 Å². The zero-order chi connectivity index (χ0) is 12.7. The van der Waals surface area contributed by atoms with Crippen LogP contribution in [-0.2, 0) is 4.79 Å². The second kappa shape index (κ2) is 6.54. The molecule has 0 aromatic heterocycles. The first kappa shape index (κ1) is 13.0. The summed E-state index contributed by atoms with van der Waals surface area (Å²) in [4.78, 5) is 13.5. The minimum atomic E-state index is 0.0127. The van der Waals surface area contributed by atoms with Gasteiger partial charge in [0, 0.05) is 18.8 Å². The number of nitrogens with zero attached hydrogens (tertiary/aromatic N) is 2. The molecule has 0 spiro atoms. The van der Waals surface area contributed by atoms with Gasteiger partial charge in [-0.15, -0.1) is 0 Å². The van der Waals surface area contributed by atoms with Crippen LogP contribution >= 0.6 is 0 Å². The van der Waals surface area contributed by atoms with Crippen LogP contribution in [-0.4, -0.2) is 25.5 Å². The number of nitriles is 1. The number of nitrogens with one attached hydrogen (secondary N) is 1. The quantitative estimate of drug-likeness (QED) is 0.836. The van der Waals surface area contributed by atoms with Gasteiger partial charge >= 0.3 is 0 Å². The van der Waals surface area contributed by atoms with Crippen LogP contribution in [0.25, 0.3) is 0 Å². The molecule has 0 aliphatic heterocycles. The zero-order valence-corrected chi connectivity index (χ0v) is 10.2. The minimum Gasteiger partial charge on any atom is -0.363 e. The van der Waals surface area contributed by atoms with E-state index in [0.29, 0.717) is 18.7 Å². The van der Waals surface area contributed by atoms with E-state index in [4.69, 9.17) is 5.26 Å².